The van der Waals surface area contributed by atoms with Gasteiger partial charge >= 0.3 is 5.97 Å². The summed E-state index contributed by atoms with van der Waals surface area (Å²) in [7, 11) is 0. The highest BCUT2D eigenvalue weighted by Gasteiger charge is 2.44. The number of aliphatic carboxylic acids is 1. The van der Waals surface area contributed by atoms with Crippen LogP contribution in [0.2, 0.25) is 5.02 Å². The van der Waals surface area contributed by atoms with E-state index in [1.165, 1.54) is 12.1 Å². The average Bonchev–Trinajstić information content (AvgIpc) is 2.13. The van der Waals surface area contributed by atoms with Crippen LogP contribution in [0.25, 0.3) is 0 Å². The Bertz CT molecular complexity index is 427. The fourth-order valence-corrected chi connectivity index (χ4v) is 2.33. The van der Waals surface area contributed by atoms with Crippen molar-refractivity contribution < 1.29 is 14.3 Å². The van der Waals surface area contributed by atoms with Crippen LogP contribution in [-0.4, -0.2) is 11.1 Å². The SMILES string of the molecule is O=C(O)C1(Cc2ccc(F)cc2Cl)CCC1. The highest BCUT2D eigenvalue weighted by molar-refractivity contribution is 6.31. The van der Waals surface area contributed by atoms with Crippen LogP contribution < -0.4 is 0 Å². The second kappa shape index (κ2) is 4.06. The molecule has 2 nitrogen and oxygen atoms in total. The van der Waals surface area contributed by atoms with Crippen LogP contribution >= 0.6 is 11.6 Å². The zero-order valence-electron chi connectivity index (χ0n) is 8.67. The molecule has 0 spiro atoms. The molecule has 0 saturated heterocycles. The number of halogens is 2. The van der Waals surface area contributed by atoms with Crippen molar-refractivity contribution in [3.63, 3.8) is 0 Å². The molecule has 1 aliphatic rings. The summed E-state index contributed by atoms with van der Waals surface area (Å²) in [6, 6.07) is 4.11. The molecule has 0 aliphatic heterocycles. The Morgan fingerprint density at radius 3 is 2.62 bits per heavy atom. The Kier molecular flexibility index (Phi) is 2.89. The third-order valence-corrected chi connectivity index (χ3v) is 3.66. The molecule has 1 saturated carbocycles. The summed E-state index contributed by atoms with van der Waals surface area (Å²) < 4.78 is 12.8. The van der Waals surface area contributed by atoms with Gasteiger partial charge in [0.25, 0.3) is 0 Å². The van der Waals surface area contributed by atoms with Crippen molar-refractivity contribution in [2.75, 3.05) is 0 Å². The smallest absolute Gasteiger partial charge is 0.309 e. The topological polar surface area (TPSA) is 37.3 Å². The molecule has 0 bridgehead atoms. The first-order valence-corrected chi connectivity index (χ1v) is 5.59. The van der Waals surface area contributed by atoms with Gasteiger partial charge in [-0.25, -0.2) is 4.39 Å². The zero-order valence-corrected chi connectivity index (χ0v) is 9.43. The second-order valence-corrected chi connectivity index (χ2v) is 4.76. The zero-order chi connectivity index (χ0) is 11.8. The number of rotatable bonds is 3. The van der Waals surface area contributed by atoms with Crippen molar-refractivity contribution in [2.45, 2.75) is 25.7 Å². The van der Waals surface area contributed by atoms with E-state index in [9.17, 15) is 14.3 Å². The van der Waals surface area contributed by atoms with Crippen LogP contribution in [0.1, 0.15) is 24.8 Å². The van der Waals surface area contributed by atoms with Crippen molar-refractivity contribution in [1.29, 1.82) is 0 Å². The summed E-state index contributed by atoms with van der Waals surface area (Å²) in [4.78, 5) is 11.2. The van der Waals surface area contributed by atoms with E-state index in [1.807, 2.05) is 0 Å². The maximum Gasteiger partial charge on any atom is 0.309 e. The van der Waals surface area contributed by atoms with Crippen molar-refractivity contribution >= 4 is 17.6 Å². The number of benzene rings is 1. The molecule has 16 heavy (non-hydrogen) atoms. The van der Waals surface area contributed by atoms with Gasteiger partial charge in [0.15, 0.2) is 0 Å². The molecule has 86 valence electrons. The molecule has 0 amide bonds. The van der Waals surface area contributed by atoms with E-state index in [4.69, 9.17) is 11.6 Å². The lowest BCUT2D eigenvalue weighted by Crippen LogP contribution is -2.39. The minimum atomic E-state index is -0.779. The Labute approximate surface area is 98.0 Å². The number of carboxylic acid groups (broad SMARTS) is 1. The Balaban J connectivity index is 2.23. The standard InChI is InChI=1S/C12H12ClFO2/c13-10-6-9(14)3-2-8(10)7-12(11(15)16)4-1-5-12/h2-3,6H,1,4-5,7H2,(H,15,16). The number of hydrogen-bond donors (Lipinski definition) is 1. The minimum absolute atomic E-state index is 0.313. The van der Waals surface area contributed by atoms with Gasteiger partial charge < -0.3 is 5.11 Å². The molecule has 0 unspecified atom stereocenters. The van der Waals surface area contributed by atoms with Crippen molar-refractivity contribution in [2.24, 2.45) is 5.41 Å². The first-order chi connectivity index (χ1) is 7.53. The minimum Gasteiger partial charge on any atom is -0.481 e. The van der Waals surface area contributed by atoms with E-state index < -0.39 is 17.2 Å². The lowest BCUT2D eigenvalue weighted by atomic mass is 9.65. The molecule has 0 atom stereocenters. The molecular weight excluding hydrogens is 231 g/mol. The van der Waals surface area contributed by atoms with Gasteiger partial charge in [0.1, 0.15) is 5.82 Å². The van der Waals surface area contributed by atoms with Crippen LogP contribution in [0.3, 0.4) is 0 Å². The molecule has 1 aliphatic carbocycles. The Hall–Kier alpha value is -1.09. The normalized spacial score (nSPS) is 17.9. The number of carboxylic acids is 1. The average molecular weight is 243 g/mol. The van der Waals surface area contributed by atoms with E-state index in [1.54, 1.807) is 6.07 Å². The van der Waals surface area contributed by atoms with E-state index >= 15 is 0 Å². The molecule has 0 heterocycles. The van der Waals surface area contributed by atoms with E-state index in [2.05, 4.69) is 0 Å². The molecular formula is C12H12ClFO2. The van der Waals surface area contributed by atoms with Gasteiger partial charge in [-0.1, -0.05) is 24.1 Å². The summed E-state index contributed by atoms with van der Waals surface area (Å²) in [5.74, 6) is -1.18. The van der Waals surface area contributed by atoms with Crippen LogP contribution in [0.4, 0.5) is 4.39 Å². The summed E-state index contributed by atoms with van der Waals surface area (Å²) in [6.07, 6.45) is 2.68. The second-order valence-electron chi connectivity index (χ2n) is 4.35. The molecule has 1 N–H and O–H groups in total. The summed E-state index contributed by atoms with van der Waals surface area (Å²) in [6.45, 7) is 0. The molecule has 0 radical (unpaired) electrons. The highest BCUT2D eigenvalue weighted by atomic mass is 35.5. The first kappa shape index (κ1) is 11.4. The van der Waals surface area contributed by atoms with E-state index in [0.29, 0.717) is 29.8 Å². The van der Waals surface area contributed by atoms with Gasteiger partial charge in [-0.15, -0.1) is 0 Å². The van der Waals surface area contributed by atoms with Crippen LogP contribution in [0.5, 0.6) is 0 Å². The van der Waals surface area contributed by atoms with Crippen LogP contribution in [0.15, 0.2) is 18.2 Å². The third-order valence-electron chi connectivity index (χ3n) is 3.31. The van der Waals surface area contributed by atoms with Gasteiger partial charge in [0.05, 0.1) is 5.41 Å². The van der Waals surface area contributed by atoms with Crippen molar-refractivity contribution in [3.8, 4) is 0 Å². The Morgan fingerprint density at radius 2 is 2.19 bits per heavy atom. The predicted octanol–water partition coefficient (Wildman–Crippen LogP) is 3.28. The van der Waals surface area contributed by atoms with Crippen LogP contribution in [0, 0.1) is 11.2 Å². The third kappa shape index (κ3) is 1.92. The molecule has 1 aromatic rings. The summed E-state index contributed by atoms with van der Waals surface area (Å²) in [5.41, 5.74) is 0.0340. The predicted molar refractivity (Wildman–Crippen MR) is 59.0 cm³/mol. The molecule has 0 aromatic heterocycles. The van der Waals surface area contributed by atoms with Gasteiger partial charge in [0, 0.05) is 5.02 Å². The molecule has 4 heteroatoms. The fraction of sp³-hybridized carbons (Fsp3) is 0.417. The molecule has 1 aromatic carbocycles. The van der Waals surface area contributed by atoms with E-state index in [-0.39, 0.29) is 0 Å². The van der Waals surface area contributed by atoms with Gasteiger partial charge in [-0.05, 0) is 37.0 Å². The van der Waals surface area contributed by atoms with Gasteiger partial charge in [-0.3, -0.25) is 4.79 Å². The quantitative estimate of drug-likeness (QED) is 0.883. The van der Waals surface area contributed by atoms with Crippen molar-refractivity contribution in [3.05, 3.63) is 34.6 Å². The maximum atomic E-state index is 12.8. The Morgan fingerprint density at radius 1 is 1.50 bits per heavy atom. The summed E-state index contributed by atoms with van der Waals surface area (Å²) in [5, 5.41) is 9.49. The lowest BCUT2D eigenvalue weighted by Gasteiger charge is -2.37. The maximum absolute atomic E-state index is 12.8. The number of carbonyl (C=O) groups is 1. The fourth-order valence-electron chi connectivity index (χ4n) is 2.10. The molecule has 2 rings (SSSR count). The van der Waals surface area contributed by atoms with E-state index in [0.717, 1.165) is 6.42 Å². The summed E-state index contributed by atoms with van der Waals surface area (Å²) >= 11 is 5.89. The van der Waals surface area contributed by atoms with Gasteiger partial charge in [0.2, 0.25) is 0 Å². The molecule has 1 fully saturated rings. The lowest BCUT2D eigenvalue weighted by molar-refractivity contribution is -0.154. The largest absolute Gasteiger partial charge is 0.481 e. The van der Waals surface area contributed by atoms with Crippen molar-refractivity contribution in [1.82, 2.24) is 0 Å². The van der Waals surface area contributed by atoms with Crippen LogP contribution in [-0.2, 0) is 11.2 Å². The number of hydrogen-bond acceptors (Lipinski definition) is 1. The highest BCUT2D eigenvalue weighted by Crippen LogP contribution is 2.44. The van der Waals surface area contributed by atoms with Gasteiger partial charge in [-0.2, -0.15) is 0 Å². The monoisotopic (exact) mass is 242 g/mol. The first-order valence-electron chi connectivity index (χ1n) is 5.21.